The molecule has 7 heteroatoms. The zero-order valence-electron chi connectivity index (χ0n) is 19.7. The Kier molecular flexibility index (Phi) is 6.49. The fourth-order valence-electron chi connectivity index (χ4n) is 5.58. The molecule has 1 aromatic heterocycles. The second-order valence-corrected chi connectivity index (χ2v) is 11.7. The minimum absolute atomic E-state index is 0.0260. The molecule has 1 N–H and O–H groups in total. The number of hydrogen-bond acceptors (Lipinski definition) is 3. The number of carbonyl (C=O) groups is 1. The van der Waals surface area contributed by atoms with Gasteiger partial charge < -0.3 is 9.88 Å². The van der Waals surface area contributed by atoms with Crippen molar-refractivity contribution in [1.82, 2.24) is 14.2 Å². The first-order chi connectivity index (χ1) is 16.4. The Hall–Kier alpha value is -2.64. The van der Waals surface area contributed by atoms with E-state index in [1.165, 1.54) is 21.7 Å². The number of sulfonamides is 1. The molecule has 1 amide bonds. The molecule has 6 nitrogen and oxygen atoms in total. The lowest BCUT2D eigenvalue weighted by molar-refractivity contribution is 0.0713. The number of fused-ring (bicyclic) bond motifs is 1. The van der Waals surface area contributed by atoms with Crippen LogP contribution in [0.15, 0.2) is 59.6 Å². The van der Waals surface area contributed by atoms with Gasteiger partial charge in [-0.1, -0.05) is 37.5 Å². The van der Waals surface area contributed by atoms with Crippen molar-refractivity contribution in [2.45, 2.75) is 61.8 Å². The number of para-hydroxylation sites is 1. The van der Waals surface area contributed by atoms with Gasteiger partial charge in [0.05, 0.1) is 4.90 Å². The fraction of sp³-hybridized carbons (Fsp3) is 0.444. The quantitative estimate of drug-likeness (QED) is 0.551. The monoisotopic (exact) mass is 479 g/mol. The lowest BCUT2D eigenvalue weighted by Gasteiger charge is -2.32. The molecule has 0 radical (unpaired) electrons. The molecule has 180 valence electrons. The summed E-state index contributed by atoms with van der Waals surface area (Å²) in [4.78, 5) is 18.6. The van der Waals surface area contributed by atoms with Crippen molar-refractivity contribution in [1.29, 1.82) is 0 Å². The normalized spacial score (nSPS) is 18.6. The fourth-order valence-corrected chi connectivity index (χ4v) is 7.00. The van der Waals surface area contributed by atoms with Gasteiger partial charge in [0, 0.05) is 48.8 Å². The van der Waals surface area contributed by atoms with Crippen molar-refractivity contribution in [3.05, 3.63) is 65.9 Å². The van der Waals surface area contributed by atoms with E-state index >= 15 is 0 Å². The SMILES string of the molecule is CN(C1CCCCC1)S(=O)(=O)c1ccc(C(=O)N2CCC(c3c[nH]c4ccccc34)CC2)cc1. The van der Waals surface area contributed by atoms with Crippen molar-refractivity contribution in [2.24, 2.45) is 0 Å². The molecule has 1 aliphatic heterocycles. The summed E-state index contributed by atoms with van der Waals surface area (Å²) in [6, 6.07) is 14.9. The van der Waals surface area contributed by atoms with E-state index in [2.05, 4.69) is 29.4 Å². The van der Waals surface area contributed by atoms with Crippen LogP contribution in [0.25, 0.3) is 10.9 Å². The zero-order valence-corrected chi connectivity index (χ0v) is 20.6. The number of H-pyrrole nitrogens is 1. The summed E-state index contributed by atoms with van der Waals surface area (Å²) >= 11 is 0. The number of hydrogen-bond donors (Lipinski definition) is 1. The number of carbonyl (C=O) groups excluding carboxylic acids is 1. The molecule has 34 heavy (non-hydrogen) atoms. The molecule has 2 aliphatic rings. The Morgan fingerprint density at radius 1 is 0.941 bits per heavy atom. The van der Waals surface area contributed by atoms with Gasteiger partial charge >= 0.3 is 0 Å². The zero-order chi connectivity index (χ0) is 23.7. The standard InChI is InChI=1S/C27H33N3O3S/c1-29(22-7-3-2-4-8-22)34(32,33)23-13-11-21(12-14-23)27(31)30-17-15-20(16-18-30)25-19-28-26-10-6-5-9-24(25)26/h5-6,9-14,19-20,22,28H,2-4,7-8,15-18H2,1H3. The Morgan fingerprint density at radius 3 is 2.32 bits per heavy atom. The largest absolute Gasteiger partial charge is 0.361 e. The molecule has 2 fully saturated rings. The van der Waals surface area contributed by atoms with Crippen molar-refractivity contribution in [3.8, 4) is 0 Å². The summed E-state index contributed by atoms with van der Waals surface area (Å²) in [5.74, 6) is 0.407. The summed E-state index contributed by atoms with van der Waals surface area (Å²) in [6.07, 6.45) is 9.13. The summed E-state index contributed by atoms with van der Waals surface area (Å²) in [7, 11) is -1.87. The first-order valence-corrected chi connectivity index (χ1v) is 13.8. The number of benzene rings is 2. The average Bonchev–Trinajstić information content (AvgIpc) is 3.33. The molecule has 0 bridgehead atoms. The second-order valence-electron chi connectivity index (χ2n) is 9.69. The predicted molar refractivity (Wildman–Crippen MR) is 134 cm³/mol. The van der Waals surface area contributed by atoms with Crippen molar-refractivity contribution < 1.29 is 13.2 Å². The number of amides is 1. The predicted octanol–water partition coefficient (Wildman–Crippen LogP) is 5.14. The highest BCUT2D eigenvalue weighted by Gasteiger charge is 2.30. The van der Waals surface area contributed by atoms with E-state index in [1.54, 1.807) is 31.3 Å². The van der Waals surface area contributed by atoms with E-state index < -0.39 is 10.0 Å². The minimum Gasteiger partial charge on any atom is -0.361 e. The lowest BCUT2D eigenvalue weighted by atomic mass is 9.89. The number of aromatic amines is 1. The average molecular weight is 480 g/mol. The van der Waals surface area contributed by atoms with Gasteiger partial charge in [-0.25, -0.2) is 8.42 Å². The van der Waals surface area contributed by atoms with Gasteiger partial charge in [0.2, 0.25) is 10.0 Å². The highest BCUT2D eigenvalue weighted by molar-refractivity contribution is 7.89. The Balaban J connectivity index is 1.23. The van der Waals surface area contributed by atoms with Crippen molar-refractivity contribution in [2.75, 3.05) is 20.1 Å². The van der Waals surface area contributed by atoms with Crippen LogP contribution < -0.4 is 0 Å². The molecule has 2 heterocycles. The van der Waals surface area contributed by atoms with Crippen LogP contribution >= 0.6 is 0 Å². The van der Waals surface area contributed by atoms with Gasteiger partial charge in [-0.05, 0) is 67.5 Å². The van der Waals surface area contributed by atoms with Crippen LogP contribution in [-0.4, -0.2) is 54.7 Å². The molecule has 0 atom stereocenters. The molecule has 1 saturated carbocycles. The topological polar surface area (TPSA) is 73.5 Å². The summed E-state index contributed by atoms with van der Waals surface area (Å²) in [5, 5.41) is 1.27. The number of piperidine rings is 1. The molecule has 1 saturated heterocycles. The van der Waals surface area contributed by atoms with Crippen molar-refractivity contribution in [3.63, 3.8) is 0 Å². The highest BCUT2D eigenvalue weighted by Crippen LogP contribution is 2.33. The minimum atomic E-state index is -3.55. The Labute approximate surface area is 202 Å². The van der Waals surface area contributed by atoms with E-state index in [0.717, 1.165) is 44.0 Å². The third-order valence-corrected chi connectivity index (χ3v) is 9.63. The Morgan fingerprint density at radius 2 is 1.62 bits per heavy atom. The number of rotatable bonds is 5. The lowest BCUT2D eigenvalue weighted by Crippen LogP contribution is -2.38. The highest BCUT2D eigenvalue weighted by atomic mass is 32.2. The number of aromatic nitrogens is 1. The van der Waals surface area contributed by atoms with Crippen LogP contribution in [0.3, 0.4) is 0 Å². The molecule has 0 spiro atoms. The van der Waals surface area contributed by atoms with Gasteiger partial charge in [-0.3, -0.25) is 4.79 Å². The molecular formula is C27H33N3O3S. The third-order valence-electron chi connectivity index (χ3n) is 7.71. The van der Waals surface area contributed by atoms with Crippen LogP contribution in [-0.2, 0) is 10.0 Å². The van der Waals surface area contributed by atoms with Gasteiger partial charge in [0.15, 0.2) is 0 Å². The first-order valence-electron chi connectivity index (χ1n) is 12.4. The third kappa shape index (κ3) is 4.39. The van der Waals surface area contributed by atoms with Gasteiger partial charge in [-0.2, -0.15) is 4.31 Å². The summed E-state index contributed by atoms with van der Waals surface area (Å²) < 4.78 is 27.7. The maximum atomic E-state index is 13.1. The van der Waals surface area contributed by atoms with Crippen LogP contribution in [0, 0.1) is 0 Å². The first kappa shape index (κ1) is 23.1. The number of likely N-dealkylation sites (tertiary alicyclic amines) is 1. The maximum absolute atomic E-state index is 13.1. The molecule has 3 aromatic rings. The number of nitrogens with one attached hydrogen (secondary N) is 1. The van der Waals surface area contributed by atoms with E-state index in [9.17, 15) is 13.2 Å². The molecule has 2 aromatic carbocycles. The van der Waals surface area contributed by atoms with E-state index in [4.69, 9.17) is 0 Å². The van der Waals surface area contributed by atoms with Crippen LogP contribution in [0.2, 0.25) is 0 Å². The van der Waals surface area contributed by atoms with E-state index in [-0.39, 0.29) is 16.8 Å². The molecular weight excluding hydrogens is 446 g/mol. The van der Waals surface area contributed by atoms with Crippen LogP contribution in [0.5, 0.6) is 0 Å². The van der Waals surface area contributed by atoms with E-state index in [0.29, 0.717) is 24.6 Å². The van der Waals surface area contributed by atoms with Gasteiger partial charge in [-0.15, -0.1) is 0 Å². The Bertz CT molecular complexity index is 1250. The molecule has 1 aliphatic carbocycles. The number of nitrogens with zero attached hydrogens (tertiary/aromatic N) is 2. The van der Waals surface area contributed by atoms with Gasteiger partial charge in [0.1, 0.15) is 0 Å². The van der Waals surface area contributed by atoms with Crippen LogP contribution in [0.4, 0.5) is 0 Å². The smallest absolute Gasteiger partial charge is 0.253 e. The summed E-state index contributed by atoms with van der Waals surface area (Å²) in [5.41, 5.74) is 3.03. The van der Waals surface area contributed by atoms with Crippen molar-refractivity contribution >= 4 is 26.8 Å². The van der Waals surface area contributed by atoms with Gasteiger partial charge in [0.25, 0.3) is 5.91 Å². The van der Waals surface area contributed by atoms with E-state index in [1.807, 2.05) is 11.0 Å². The molecule has 0 unspecified atom stereocenters. The molecule has 5 rings (SSSR count). The maximum Gasteiger partial charge on any atom is 0.253 e. The summed E-state index contributed by atoms with van der Waals surface area (Å²) in [6.45, 7) is 1.40. The van der Waals surface area contributed by atoms with Crippen LogP contribution in [0.1, 0.15) is 66.8 Å². The second kappa shape index (κ2) is 9.55.